The summed E-state index contributed by atoms with van der Waals surface area (Å²) in [5.74, 6) is -0.375. The average molecular weight is 589 g/mol. The van der Waals surface area contributed by atoms with Crippen molar-refractivity contribution in [3.8, 4) is 28.1 Å². The van der Waals surface area contributed by atoms with Crippen molar-refractivity contribution < 1.29 is 33.2 Å². The molecule has 0 radical (unpaired) electrons. The maximum atomic E-state index is 14.3. The quantitative estimate of drug-likeness (QED) is 0.265. The lowest BCUT2D eigenvalue weighted by Gasteiger charge is -2.14. The van der Waals surface area contributed by atoms with Crippen molar-refractivity contribution in [2.24, 2.45) is 16.6 Å². The topological polar surface area (TPSA) is 206 Å². The molecule has 0 aliphatic carbocycles. The third kappa shape index (κ3) is 11.7. The predicted octanol–water partition coefficient (Wildman–Crippen LogP) is 3.55. The van der Waals surface area contributed by atoms with E-state index < -0.39 is 26.2 Å². The van der Waals surface area contributed by atoms with E-state index in [9.17, 15) is 12.8 Å². The van der Waals surface area contributed by atoms with Crippen LogP contribution in [0.2, 0.25) is 0 Å². The van der Waals surface area contributed by atoms with Crippen molar-refractivity contribution >= 4 is 44.8 Å². The number of benzene rings is 2. The summed E-state index contributed by atoms with van der Waals surface area (Å²) in [5, 5.41) is 19.5. The second-order valence-corrected chi connectivity index (χ2v) is 9.42. The number of rotatable bonds is 6. The van der Waals surface area contributed by atoms with Crippen molar-refractivity contribution in [1.29, 1.82) is 0 Å². The van der Waals surface area contributed by atoms with Gasteiger partial charge in [0.25, 0.3) is 10.3 Å². The molecule has 0 spiro atoms. The molecule has 0 amide bonds. The Hall–Kier alpha value is -3.43. The summed E-state index contributed by atoms with van der Waals surface area (Å²) in [6.07, 6.45) is 3.43. The number of aryl methyl sites for hydroxylation is 1. The molecular weight excluding hydrogens is 555 g/mol. The van der Waals surface area contributed by atoms with Crippen LogP contribution < -0.4 is 21.3 Å². The van der Waals surface area contributed by atoms with Crippen LogP contribution in [0.3, 0.4) is 0 Å². The molecular formula is C24H33FN4O6S3. The molecule has 0 aliphatic rings. The van der Waals surface area contributed by atoms with Gasteiger partial charge in [0.1, 0.15) is 0 Å². The number of nitrogens with two attached hydrogens (primary N) is 3. The number of primary sulfonamides is 1. The Labute approximate surface area is 232 Å². The molecule has 2 aromatic carbocycles. The van der Waals surface area contributed by atoms with E-state index in [-0.39, 0.29) is 23.5 Å². The molecule has 0 atom stereocenters. The fourth-order valence-electron chi connectivity index (χ4n) is 3.11. The van der Waals surface area contributed by atoms with Crippen LogP contribution in [0.4, 0.5) is 4.39 Å². The number of aromatic nitrogens is 1. The number of ether oxygens (including phenoxy) is 1. The molecule has 0 aliphatic heterocycles. The number of sulfonamides is 1. The van der Waals surface area contributed by atoms with Gasteiger partial charge in [-0.15, -0.1) is 0 Å². The van der Waals surface area contributed by atoms with E-state index in [1.54, 1.807) is 30.5 Å². The molecule has 1 heterocycles. The van der Waals surface area contributed by atoms with Gasteiger partial charge < -0.3 is 31.9 Å². The zero-order valence-electron chi connectivity index (χ0n) is 20.0. The highest BCUT2D eigenvalue weighted by Crippen LogP contribution is 2.36. The highest BCUT2D eigenvalue weighted by molar-refractivity contribution is 7.89. The minimum absolute atomic E-state index is 0. The molecule has 0 bridgehead atoms. The van der Waals surface area contributed by atoms with Crippen LogP contribution in [0, 0.1) is 5.82 Å². The lowest BCUT2D eigenvalue weighted by Crippen LogP contribution is -2.13. The van der Waals surface area contributed by atoms with Gasteiger partial charge >= 0.3 is 0 Å². The number of thiocarbonyl (C=S) groups is 2. The fraction of sp³-hybridized carbons (Fsp3) is 0.208. The van der Waals surface area contributed by atoms with Gasteiger partial charge in [-0.25, -0.2) is 17.9 Å². The molecule has 0 unspecified atom stereocenters. The third-order valence-electron chi connectivity index (χ3n) is 4.39. The molecule has 10 N–H and O–H groups in total. The summed E-state index contributed by atoms with van der Waals surface area (Å²) in [4.78, 5) is 4.49. The third-order valence-corrected chi connectivity index (χ3v) is 5.36. The minimum atomic E-state index is -3.95. The van der Waals surface area contributed by atoms with Crippen LogP contribution in [0.1, 0.15) is 26.3 Å². The monoisotopic (exact) mass is 588 g/mol. The first kappa shape index (κ1) is 36.7. The van der Waals surface area contributed by atoms with Crippen LogP contribution in [0.5, 0.6) is 5.75 Å². The highest BCUT2D eigenvalue weighted by atomic mass is 32.2. The van der Waals surface area contributed by atoms with Crippen molar-refractivity contribution in [2.75, 3.05) is 7.11 Å². The summed E-state index contributed by atoms with van der Waals surface area (Å²) in [6, 6.07) is 12.9. The number of aliphatic hydroxyl groups is 2. The van der Waals surface area contributed by atoms with E-state index in [1.807, 2.05) is 6.07 Å². The second kappa shape index (κ2) is 17.1. The minimum Gasteiger partial charge on any atom is -0.494 e. The Morgan fingerprint density at radius 3 is 2.08 bits per heavy atom. The molecule has 0 fully saturated rings. The first-order valence-corrected chi connectivity index (χ1v) is 12.6. The highest BCUT2D eigenvalue weighted by Gasteiger charge is 2.19. The maximum absolute atomic E-state index is 14.3. The zero-order chi connectivity index (χ0) is 27.5. The van der Waals surface area contributed by atoms with Crippen LogP contribution in [0.15, 0.2) is 59.6 Å². The molecule has 1 aromatic heterocycles. The number of methoxy groups -OCH3 is 1. The maximum Gasteiger partial charge on any atom is 0.251 e. The van der Waals surface area contributed by atoms with E-state index in [2.05, 4.69) is 47.8 Å². The average Bonchev–Trinajstić information content (AvgIpc) is 2.78. The van der Waals surface area contributed by atoms with E-state index in [1.165, 1.54) is 25.3 Å². The molecule has 0 saturated heterocycles. The molecule has 38 heavy (non-hydrogen) atoms. The predicted molar refractivity (Wildman–Crippen MR) is 156 cm³/mol. The van der Waals surface area contributed by atoms with Crippen molar-refractivity contribution in [1.82, 2.24) is 4.98 Å². The number of pyridine rings is 1. The van der Waals surface area contributed by atoms with Gasteiger partial charge in [0.05, 0.1) is 17.7 Å². The second-order valence-electron chi connectivity index (χ2n) is 7.06. The number of hydrogen-bond donors (Lipinski definition) is 5. The zero-order valence-corrected chi connectivity index (χ0v) is 22.5. The Balaban J connectivity index is 0. The van der Waals surface area contributed by atoms with Crippen LogP contribution in [-0.4, -0.2) is 46.5 Å². The number of aliphatic hydroxyl groups excluding tert-OH is 2. The Morgan fingerprint density at radius 1 is 1.05 bits per heavy atom. The largest absolute Gasteiger partial charge is 0.494 e. The van der Waals surface area contributed by atoms with Crippen molar-refractivity contribution in [3.63, 3.8) is 0 Å². The van der Waals surface area contributed by atoms with Crippen molar-refractivity contribution in [2.45, 2.75) is 32.1 Å². The standard InChI is InChI=1S/C21H21FN2O3S.2CH3NOS.CH4.H2O/c1-3-6-14-11-17(15-9-10-19(27-2)18(22)12-15)21(24-13-14)16-7-4-5-8-20(16)28(23,25)26;2*2-1(3)4;;/h4-5,7-13H,3,6H2,1-2H3,(H2,23,25,26);2*(H3,2,3,4);1H4;1H2. The van der Waals surface area contributed by atoms with Crippen molar-refractivity contribution in [3.05, 3.63) is 66.1 Å². The van der Waals surface area contributed by atoms with Crippen LogP contribution >= 0.6 is 24.4 Å². The lowest BCUT2D eigenvalue weighted by molar-refractivity contribution is 0.386. The molecule has 0 saturated carbocycles. The Morgan fingerprint density at radius 2 is 1.61 bits per heavy atom. The smallest absolute Gasteiger partial charge is 0.251 e. The first-order chi connectivity index (χ1) is 16.8. The molecule has 14 heteroatoms. The van der Waals surface area contributed by atoms with Gasteiger partial charge in [0.2, 0.25) is 10.0 Å². The summed E-state index contributed by atoms with van der Waals surface area (Å²) < 4.78 is 43.4. The number of halogens is 1. The van der Waals surface area contributed by atoms with E-state index >= 15 is 0 Å². The number of hydrogen-bond acceptors (Lipinski definition) is 6. The van der Waals surface area contributed by atoms with Gasteiger partial charge in [-0.05, 0) is 66.2 Å². The summed E-state index contributed by atoms with van der Waals surface area (Å²) in [6.45, 7) is 2.05. The van der Waals surface area contributed by atoms with Crippen LogP contribution in [0.25, 0.3) is 22.4 Å². The molecule has 10 nitrogen and oxygen atoms in total. The van der Waals surface area contributed by atoms with Crippen LogP contribution in [-0.2, 0) is 16.4 Å². The first-order valence-electron chi connectivity index (χ1n) is 10.2. The molecule has 3 aromatic rings. The van der Waals surface area contributed by atoms with E-state index in [0.717, 1.165) is 18.4 Å². The van der Waals surface area contributed by atoms with Gasteiger partial charge in [-0.1, -0.05) is 45.0 Å². The van der Waals surface area contributed by atoms with E-state index in [0.29, 0.717) is 22.4 Å². The van der Waals surface area contributed by atoms with Gasteiger partial charge in [0.15, 0.2) is 11.6 Å². The Kier molecular flexibility index (Phi) is 16.6. The normalized spacial score (nSPS) is 9.68. The summed E-state index contributed by atoms with van der Waals surface area (Å²) in [5.41, 5.74) is 11.8. The van der Waals surface area contributed by atoms with Gasteiger partial charge in [-0.3, -0.25) is 4.98 Å². The lowest BCUT2D eigenvalue weighted by atomic mass is 9.96. The van der Waals surface area contributed by atoms with Gasteiger partial charge in [-0.2, -0.15) is 0 Å². The summed E-state index contributed by atoms with van der Waals surface area (Å²) >= 11 is 7.74. The van der Waals surface area contributed by atoms with Gasteiger partial charge in [0, 0.05) is 17.3 Å². The molecule has 210 valence electrons. The SMILES string of the molecule is C.CCCc1cnc(-c2ccccc2S(N)(=O)=O)c(-c2ccc(OC)c(F)c2)c1.NC(O)=S.NC(O)=S.O. The number of nitrogens with zero attached hydrogens (tertiary/aromatic N) is 1. The Bertz CT molecular complexity index is 1300. The van der Waals surface area contributed by atoms with E-state index in [4.69, 9.17) is 20.1 Å². The summed E-state index contributed by atoms with van der Waals surface area (Å²) in [7, 11) is -2.56. The fourth-order valence-corrected chi connectivity index (χ4v) is 3.85. The molecule has 3 rings (SSSR count).